The molecule has 2 nitrogen and oxygen atoms in total. The SMILES string of the molecule is C=CC[Si](CC=C)(CC=C)CC1CC1C(=O)O. The Morgan fingerprint density at radius 3 is 1.94 bits per heavy atom. The maximum Gasteiger partial charge on any atom is 0.306 e. The Labute approximate surface area is 105 Å². The number of carboxylic acids is 1. The van der Waals surface area contributed by atoms with E-state index >= 15 is 0 Å². The first-order valence-corrected chi connectivity index (χ1v) is 8.97. The minimum Gasteiger partial charge on any atom is -0.481 e. The van der Waals surface area contributed by atoms with Gasteiger partial charge in [-0.25, -0.2) is 0 Å². The fraction of sp³-hybridized carbons (Fsp3) is 0.500. The van der Waals surface area contributed by atoms with Gasteiger partial charge < -0.3 is 5.11 Å². The largest absolute Gasteiger partial charge is 0.481 e. The summed E-state index contributed by atoms with van der Waals surface area (Å²) < 4.78 is 0. The molecule has 0 radical (unpaired) electrons. The molecule has 17 heavy (non-hydrogen) atoms. The Bertz CT molecular complexity index is 296. The van der Waals surface area contributed by atoms with Crippen molar-refractivity contribution in [2.75, 3.05) is 0 Å². The number of hydrogen-bond donors (Lipinski definition) is 1. The van der Waals surface area contributed by atoms with E-state index in [4.69, 9.17) is 5.11 Å². The van der Waals surface area contributed by atoms with Crippen molar-refractivity contribution >= 4 is 14.0 Å². The molecule has 3 heteroatoms. The Morgan fingerprint density at radius 1 is 1.18 bits per heavy atom. The van der Waals surface area contributed by atoms with Crippen molar-refractivity contribution in [3.8, 4) is 0 Å². The number of carboxylic acid groups (broad SMARTS) is 1. The summed E-state index contributed by atoms with van der Waals surface area (Å²) in [6.45, 7) is 11.5. The average Bonchev–Trinajstić information content (AvgIpc) is 2.98. The first-order chi connectivity index (χ1) is 8.08. The summed E-state index contributed by atoms with van der Waals surface area (Å²) in [5, 5.41) is 8.97. The summed E-state index contributed by atoms with van der Waals surface area (Å²) in [5.74, 6) is -0.339. The van der Waals surface area contributed by atoms with Crippen molar-refractivity contribution in [3.05, 3.63) is 38.0 Å². The molecule has 1 N–H and O–H groups in total. The maximum atomic E-state index is 10.9. The summed E-state index contributed by atoms with van der Waals surface area (Å²) in [7, 11) is -1.50. The van der Waals surface area contributed by atoms with E-state index in [0.29, 0.717) is 5.92 Å². The molecule has 0 aromatic heterocycles. The van der Waals surface area contributed by atoms with Gasteiger partial charge >= 0.3 is 5.97 Å². The van der Waals surface area contributed by atoms with Crippen molar-refractivity contribution in [3.63, 3.8) is 0 Å². The van der Waals surface area contributed by atoms with Crippen molar-refractivity contribution in [1.82, 2.24) is 0 Å². The third-order valence-corrected chi connectivity index (χ3v) is 8.52. The highest BCUT2D eigenvalue weighted by molar-refractivity contribution is 6.81. The van der Waals surface area contributed by atoms with E-state index in [1.807, 2.05) is 18.2 Å². The van der Waals surface area contributed by atoms with Crippen LogP contribution in [0.5, 0.6) is 0 Å². The minimum atomic E-state index is -1.50. The van der Waals surface area contributed by atoms with Crippen LogP contribution in [0, 0.1) is 11.8 Å². The van der Waals surface area contributed by atoms with Gasteiger partial charge in [-0.1, -0.05) is 24.3 Å². The van der Waals surface area contributed by atoms with E-state index in [0.717, 1.165) is 30.6 Å². The first-order valence-electron chi connectivity index (χ1n) is 6.14. The lowest BCUT2D eigenvalue weighted by Gasteiger charge is -2.28. The van der Waals surface area contributed by atoms with E-state index in [9.17, 15) is 4.79 Å². The predicted molar refractivity (Wildman–Crippen MR) is 74.8 cm³/mol. The second-order valence-corrected chi connectivity index (χ2v) is 9.76. The van der Waals surface area contributed by atoms with Crippen LogP contribution in [0.15, 0.2) is 38.0 Å². The number of aliphatic carboxylic acids is 1. The lowest BCUT2D eigenvalue weighted by atomic mass is 10.3. The summed E-state index contributed by atoms with van der Waals surface area (Å²) in [4.78, 5) is 10.9. The summed E-state index contributed by atoms with van der Waals surface area (Å²) >= 11 is 0. The van der Waals surface area contributed by atoms with Gasteiger partial charge in [0, 0.05) is 0 Å². The zero-order valence-electron chi connectivity index (χ0n) is 10.4. The van der Waals surface area contributed by atoms with Crippen molar-refractivity contribution in [2.45, 2.75) is 30.6 Å². The molecule has 0 bridgehead atoms. The van der Waals surface area contributed by atoms with Gasteiger partial charge in [-0.15, -0.1) is 19.7 Å². The van der Waals surface area contributed by atoms with Gasteiger partial charge in [-0.2, -0.15) is 0 Å². The average molecular weight is 250 g/mol. The number of carbonyl (C=O) groups is 1. The fourth-order valence-corrected chi connectivity index (χ4v) is 7.15. The van der Waals surface area contributed by atoms with E-state index in [2.05, 4.69) is 19.7 Å². The molecule has 0 aromatic carbocycles. The maximum absolute atomic E-state index is 10.9. The first kappa shape index (κ1) is 14.0. The lowest BCUT2D eigenvalue weighted by Crippen LogP contribution is -2.33. The van der Waals surface area contributed by atoms with Crippen LogP contribution in [0.1, 0.15) is 6.42 Å². The van der Waals surface area contributed by atoms with Crippen LogP contribution < -0.4 is 0 Å². The van der Waals surface area contributed by atoms with Crippen LogP contribution in [-0.4, -0.2) is 19.1 Å². The van der Waals surface area contributed by atoms with Crippen molar-refractivity contribution < 1.29 is 9.90 Å². The molecule has 0 amide bonds. The van der Waals surface area contributed by atoms with Gasteiger partial charge in [-0.3, -0.25) is 4.79 Å². The molecule has 1 aliphatic rings. The minimum absolute atomic E-state index is 0.0960. The predicted octanol–water partition coefficient (Wildman–Crippen LogP) is 3.71. The molecule has 2 unspecified atom stereocenters. The molecule has 0 aromatic rings. The standard InChI is InChI=1S/C14H22O2Si/c1-4-7-17(8-5-2,9-6-3)11-12-10-13(12)14(15)16/h4-6,12-13H,1-3,7-11H2,(H,15,16). The second-order valence-electron chi connectivity index (χ2n) is 5.12. The highest BCUT2D eigenvalue weighted by Crippen LogP contribution is 2.47. The third-order valence-electron chi connectivity index (χ3n) is 3.67. The lowest BCUT2D eigenvalue weighted by molar-refractivity contribution is -0.138. The van der Waals surface area contributed by atoms with Gasteiger partial charge in [0.25, 0.3) is 0 Å². The smallest absolute Gasteiger partial charge is 0.306 e. The number of rotatable bonds is 9. The third kappa shape index (κ3) is 3.70. The van der Waals surface area contributed by atoms with Crippen molar-refractivity contribution in [2.24, 2.45) is 11.8 Å². The zero-order chi connectivity index (χ0) is 12.9. The van der Waals surface area contributed by atoms with Crippen LogP contribution in [0.3, 0.4) is 0 Å². The zero-order valence-corrected chi connectivity index (χ0v) is 11.4. The molecular weight excluding hydrogens is 228 g/mol. The summed E-state index contributed by atoms with van der Waals surface area (Å²) in [6.07, 6.45) is 6.81. The normalized spacial score (nSPS) is 22.8. The van der Waals surface area contributed by atoms with Crippen LogP contribution in [0.2, 0.25) is 24.2 Å². The van der Waals surface area contributed by atoms with E-state index in [-0.39, 0.29) is 5.92 Å². The van der Waals surface area contributed by atoms with E-state index in [1.54, 1.807) is 0 Å². The Morgan fingerprint density at radius 2 is 1.65 bits per heavy atom. The van der Waals surface area contributed by atoms with Gasteiger partial charge in [0.15, 0.2) is 0 Å². The molecule has 2 atom stereocenters. The Hall–Kier alpha value is -1.09. The van der Waals surface area contributed by atoms with Crippen LogP contribution in [-0.2, 0) is 4.79 Å². The molecule has 1 rings (SSSR count). The van der Waals surface area contributed by atoms with Crippen LogP contribution >= 0.6 is 0 Å². The Kier molecular flexibility index (Phi) is 4.94. The summed E-state index contributed by atoms with van der Waals surface area (Å²) in [6, 6.07) is 4.18. The number of allylic oxidation sites excluding steroid dienone is 3. The molecule has 0 saturated heterocycles. The van der Waals surface area contributed by atoms with Crippen LogP contribution in [0.25, 0.3) is 0 Å². The van der Waals surface area contributed by atoms with Crippen molar-refractivity contribution in [1.29, 1.82) is 0 Å². The highest BCUT2D eigenvalue weighted by atomic mass is 28.3. The molecule has 0 spiro atoms. The van der Waals surface area contributed by atoms with E-state index in [1.165, 1.54) is 0 Å². The fourth-order valence-electron chi connectivity index (χ4n) is 2.75. The number of hydrogen-bond acceptors (Lipinski definition) is 1. The molecule has 1 fully saturated rings. The monoisotopic (exact) mass is 250 g/mol. The quantitative estimate of drug-likeness (QED) is 0.500. The highest BCUT2D eigenvalue weighted by Gasteiger charge is 2.47. The Balaban J connectivity index is 2.68. The molecule has 1 saturated carbocycles. The molecule has 1 aliphatic carbocycles. The molecule has 0 aliphatic heterocycles. The molecule has 94 valence electrons. The van der Waals surface area contributed by atoms with Gasteiger partial charge in [0.1, 0.15) is 0 Å². The topological polar surface area (TPSA) is 37.3 Å². The van der Waals surface area contributed by atoms with Gasteiger partial charge in [0.2, 0.25) is 0 Å². The van der Waals surface area contributed by atoms with Gasteiger partial charge in [0.05, 0.1) is 14.0 Å². The molecule has 0 heterocycles. The summed E-state index contributed by atoms with van der Waals surface area (Å²) in [5.41, 5.74) is 0. The van der Waals surface area contributed by atoms with Gasteiger partial charge in [-0.05, 0) is 30.5 Å². The second kappa shape index (κ2) is 6.01. The van der Waals surface area contributed by atoms with E-state index < -0.39 is 14.0 Å². The molecular formula is C14H22O2Si. The van der Waals surface area contributed by atoms with Crippen LogP contribution in [0.4, 0.5) is 0 Å².